The molecule has 0 amide bonds. The van der Waals surface area contributed by atoms with E-state index in [1.807, 2.05) is 12.1 Å². The molecule has 1 aromatic carbocycles. The van der Waals surface area contributed by atoms with E-state index in [2.05, 4.69) is 55.6 Å². The van der Waals surface area contributed by atoms with Gasteiger partial charge in [-0.15, -0.1) is 11.3 Å². The zero-order valence-corrected chi connectivity index (χ0v) is 13.9. The SMILES string of the molecule is Clc1ccc2c(ccn2CCNCc2cc(Br)cs2)c1. The largest absolute Gasteiger partial charge is 0.346 e. The van der Waals surface area contributed by atoms with Crippen LogP contribution in [-0.4, -0.2) is 11.1 Å². The minimum Gasteiger partial charge on any atom is -0.346 e. The highest BCUT2D eigenvalue weighted by atomic mass is 79.9. The van der Waals surface area contributed by atoms with Crippen LogP contribution in [0.2, 0.25) is 5.02 Å². The molecule has 5 heteroatoms. The van der Waals surface area contributed by atoms with Gasteiger partial charge in [0.1, 0.15) is 0 Å². The average Bonchev–Trinajstić information content (AvgIpc) is 3.01. The number of rotatable bonds is 5. The monoisotopic (exact) mass is 368 g/mol. The molecule has 0 radical (unpaired) electrons. The average molecular weight is 370 g/mol. The number of thiophene rings is 1. The topological polar surface area (TPSA) is 17.0 Å². The second-order valence-corrected chi connectivity index (χ2v) is 6.97. The van der Waals surface area contributed by atoms with E-state index in [1.54, 1.807) is 11.3 Å². The van der Waals surface area contributed by atoms with Gasteiger partial charge < -0.3 is 9.88 Å². The van der Waals surface area contributed by atoms with Crippen molar-refractivity contribution in [2.24, 2.45) is 0 Å². The van der Waals surface area contributed by atoms with E-state index in [4.69, 9.17) is 11.6 Å². The molecule has 0 saturated carbocycles. The van der Waals surface area contributed by atoms with Crippen molar-refractivity contribution >= 4 is 49.8 Å². The molecule has 2 nitrogen and oxygen atoms in total. The van der Waals surface area contributed by atoms with Gasteiger partial charge in [-0.3, -0.25) is 0 Å². The number of hydrogen-bond acceptors (Lipinski definition) is 2. The van der Waals surface area contributed by atoms with Crippen LogP contribution in [0.1, 0.15) is 4.88 Å². The van der Waals surface area contributed by atoms with E-state index in [0.717, 1.165) is 29.1 Å². The minimum atomic E-state index is 0.789. The second-order valence-electron chi connectivity index (χ2n) is 4.62. The molecule has 2 heterocycles. The Morgan fingerprint density at radius 1 is 1.25 bits per heavy atom. The molecule has 0 bridgehead atoms. The van der Waals surface area contributed by atoms with Crippen LogP contribution < -0.4 is 5.32 Å². The lowest BCUT2D eigenvalue weighted by Crippen LogP contribution is -2.18. The van der Waals surface area contributed by atoms with Crippen molar-refractivity contribution in [3.05, 3.63) is 56.3 Å². The molecule has 0 aliphatic heterocycles. The third-order valence-electron chi connectivity index (χ3n) is 3.18. The Morgan fingerprint density at radius 2 is 2.15 bits per heavy atom. The van der Waals surface area contributed by atoms with Crippen LogP contribution in [0.15, 0.2) is 46.4 Å². The Morgan fingerprint density at radius 3 is 2.95 bits per heavy atom. The number of fused-ring (bicyclic) bond motifs is 1. The number of halogens is 2. The summed E-state index contributed by atoms with van der Waals surface area (Å²) in [5, 5.41) is 7.57. The van der Waals surface area contributed by atoms with Crippen LogP contribution in [0.5, 0.6) is 0 Å². The van der Waals surface area contributed by atoms with Crippen LogP contribution in [0.25, 0.3) is 10.9 Å². The standard InChI is InChI=1S/C15H14BrClN2S/c16-12-8-14(20-10-12)9-18-4-6-19-5-3-11-7-13(17)1-2-15(11)19/h1-3,5,7-8,10,18H,4,6,9H2. The third-order valence-corrected chi connectivity index (χ3v) is 5.12. The molecule has 2 aromatic heterocycles. The number of nitrogens with zero attached hydrogens (tertiary/aromatic N) is 1. The highest BCUT2D eigenvalue weighted by Crippen LogP contribution is 2.21. The Kier molecular flexibility index (Phi) is 4.46. The van der Waals surface area contributed by atoms with Gasteiger partial charge in [0.25, 0.3) is 0 Å². The van der Waals surface area contributed by atoms with E-state index >= 15 is 0 Å². The van der Waals surface area contributed by atoms with Gasteiger partial charge in [0.15, 0.2) is 0 Å². The van der Waals surface area contributed by atoms with Gasteiger partial charge in [-0.2, -0.15) is 0 Å². The number of hydrogen-bond donors (Lipinski definition) is 1. The minimum absolute atomic E-state index is 0.789. The van der Waals surface area contributed by atoms with Gasteiger partial charge in [-0.05, 0) is 46.3 Å². The van der Waals surface area contributed by atoms with E-state index < -0.39 is 0 Å². The molecule has 0 spiro atoms. The van der Waals surface area contributed by atoms with Crippen LogP contribution in [0, 0.1) is 0 Å². The molecule has 0 aliphatic carbocycles. The summed E-state index contributed by atoms with van der Waals surface area (Å²) in [4.78, 5) is 1.35. The summed E-state index contributed by atoms with van der Waals surface area (Å²) < 4.78 is 3.41. The van der Waals surface area contributed by atoms with E-state index in [-0.39, 0.29) is 0 Å². The van der Waals surface area contributed by atoms with Crippen molar-refractivity contribution in [3.8, 4) is 0 Å². The predicted octanol–water partition coefficient (Wildman–Crippen LogP) is 4.91. The summed E-state index contributed by atoms with van der Waals surface area (Å²) in [5.41, 5.74) is 1.23. The maximum atomic E-state index is 6.00. The first-order valence-corrected chi connectivity index (χ1v) is 8.45. The molecule has 1 N–H and O–H groups in total. The Balaban J connectivity index is 1.57. The van der Waals surface area contributed by atoms with Gasteiger partial charge >= 0.3 is 0 Å². The Hall–Kier alpha value is -0.810. The van der Waals surface area contributed by atoms with Gasteiger partial charge in [-0.25, -0.2) is 0 Å². The first-order chi connectivity index (χ1) is 9.72. The smallest absolute Gasteiger partial charge is 0.0481 e. The summed E-state index contributed by atoms with van der Waals surface area (Å²) in [6.45, 7) is 2.82. The lowest BCUT2D eigenvalue weighted by molar-refractivity contribution is 0.613. The number of benzene rings is 1. The number of nitrogens with one attached hydrogen (secondary N) is 1. The third kappa shape index (κ3) is 3.26. The van der Waals surface area contributed by atoms with E-state index in [1.165, 1.54) is 15.8 Å². The molecular weight excluding hydrogens is 356 g/mol. The molecule has 3 rings (SSSR count). The predicted molar refractivity (Wildman–Crippen MR) is 90.7 cm³/mol. The van der Waals surface area contributed by atoms with Crippen molar-refractivity contribution < 1.29 is 0 Å². The molecule has 0 unspecified atom stereocenters. The van der Waals surface area contributed by atoms with Crippen molar-refractivity contribution in [2.45, 2.75) is 13.1 Å². The van der Waals surface area contributed by atoms with Crippen LogP contribution in [0.4, 0.5) is 0 Å². The molecule has 0 aliphatic rings. The van der Waals surface area contributed by atoms with Crippen LogP contribution >= 0.6 is 38.9 Å². The Bertz CT molecular complexity index is 720. The van der Waals surface area contributed by atoms with Crippen LogP contribution in [-0.2, 0) is 13.1 Å². The molecule has 0 saturated heterocycles. The fraction of sp³-hybridized carbons (Fsp3) is 0.200. The molecule has 3 aromatic rings. The molecule has 104 valence electrons. The highest BCUT2D eigenvalue weighted by Gasteiger charge is 2.02. The quantitative estimate of drug-likeness (QED) is 0.632. The van der Waals surface area contributed by atoms with E-state index in [9.17, 15) is 0 Å². The molecule has 0 atom stereocenters. The first-order valence-electron chi connectivity index (χ1n) is 6.40. The van der Waals surface area contributed by atoms with E-state index in [0.29, 0.717) is 0 Å². The summed E-state index contributed by atoms with van der Waals surface area (Å²) in [5.74, 6) is 0. The van der Waals surface area contributed by atoms with Crippen molar-refractivity contribution in [3.63, 3.8) is 0 Å². The fourth-order valence-corrected chi connectivity index (χ4v) is 3.82. The zero-order valence-electron chi connectivity index (χ0n) is 10.8. The highest BCUT2D eigenvalue weighted by molar-refractivity contribution is 9.10. The summed E-state index contributed by atoms with van der Waals surface area (Å²) in [7, 11) is 0. The maximum Gasteiger partial charge on any atom is 0.0481 e. The zero-order chi connectivity index (χ0) is 13.9. The summed E-state index contributed by atoms with van der Waals surface area (Å²) in [6.07, 6.45) is 2.12. The van der Waals surface area contributed by atoms with Crippen molar-refractivity contribution in [1.82, 2.24) is 9.88 Å². The summed E-state index contributed by atoms with van der Waals surface area (Å²) >= 11 is 11.2. The molecule has 0 fully saturated rings. The lowest BCUT2D eigenvalue weighted by atomic mass is 10.2. The lowest BCUT2D eigenvalue weighted by Gasteiger charge is -2.06. The second kappa shape index (κ2) is 6.31. The van der Waals surface area contributed by atoms with Gasteiger partial charge in [-0.1, -0.05) is 11.6 Å². The maximum absolute atomic E-state index is 6.00. The summed E-state index contributed by atoms with van der Waals surface area (Å²) in [6, 6.07) is 10.3. The number of aromatic nitrogens is 1. The van der Waals surface area contributed by atoms with Gasteiger partial charge in [0.2, 0.25) is 0 Å². The van der Waals surface area contributed by atoms with Crippen LogP contribution in [0.3, 0.4) is 0 Å². The molecular formula is C15H14BrClN2S. The van der Waals surface area contributed by atoms with Crippen molar-refractivity contribution in [2.75, 3.05) is 6.54 Å². The fourth-order valence-electron chi connectivity index (χ4n) is 2.22. The van der Waals surface area contributed by atoms with Gasteiger partial charge in [0, 0.05) is 56.5 Å². The van der Waals surface area contributed by atoms with Gasteiger partial charge in [0.05, 0.1) is 0 Å². The normalized spacial score (nSPS) is 11.3. The van der Waals surface area contributed by atoms with Crippen molar-refractivity contribution in [1.29, 1.82) is 0 Å². The Labute approximate surface area is 135 Å². The molecule has 20 heavy (non-hydrogen) atoms. The first kappa shape index (κ1) is 14.1.